The van der Waals surface area contributed by atoms with E-state index in [0.29, 0.717) is 37.3 Å². The number of hydrogen-bond donors (Lipinski definition) is 1. The monoisotopic (exact) mass is 508 g/mol. The lowest BCUT2D eigenvalue weighted by Crippen LogP contribution is -2.41. The van der Waals surface area contributed by atoms with E-state index in [1.165, 1.54) is 24.4 Å². The number of benzene rings is 2. The second kappa shape index (κ2) is 8.27. The number of amides is 1. The number of rotatable bonds is 5. The molecule has 0 radical (unpaired) electrons. The molecular weight excluding hydrogens is 489 g/mol. The first-order chi connectivity index (χ1) is 16.1. The summed E-state index contributed by atoms with van der Waals surface area (Å²) in [6.45, 7) is 0.859. The lowest BCUT2D eigenvalue weighted by Gasteiger charge is -2.26. The van der Waals surface area contributed by atoms with Crippen molar-refractivity contribution in [2.24, 2.45) is 0 Å². The Morgan fingerprint density at radius 3 is 2.53 bits per heavy atom. The second-order valence-electron chi connectivity index (χ2n) is 8.02. The minimum atomic E-state index is -4.45. The normalized spacial score (nSPS) is 18.4. The zero-order valence-electron chi connectivity index (χ0n) is 17.6. The molecule has 1 saturated heterocycles. The van der Waals surface area contributed by atoms with Gasteiger partial charge in [0.25, 0.3) is 10.0 Å². The number of anilines is 3. The summed E-state index contributed by atoms with van der Waals surface area (Å²) < 4.78 is 67.0. The number of carbonyl (C=O) groups excluding carboxylic acids is 1. The summed E-state index contributed by atoms with van der Waals surface area (Å²) in [5.74, 6) is -0.221. The Morgan fingerprint density at radius 2 is 1.85 bits per heavy atom. The number of aromatic nitrogens is 1. The lowest BCUT2D eigenvalue weighted by molar-refractivity contribution is -0.137. The topological polar surface area (TPSA) is 82.6 Å². The van der Waals surface area contributed by atoms with Crippen molar-refractivity contribution in [2.75, 3.05) is 27.6 Å². The average Bonchev–Trinajstić information content (AvgIpc) is 3.52. The third kappa shape index (κ3) is 4.11. The highest BCUT2D eigenvalue weighted by Crippen LogP contribution is 2.39. The van der Waals surface area contributed by atoms with E-state index in [1.807, 2.05) is 0 Å². The van der Waals surface area contributed by atoms with Crippen LogP contribution in [0.25, 0.3) is 0 Å². The van der Waals surface area contributed by atoms with Crippen molar-refractivity contribution in [3.05, 3.63) is 65.2 Å². The molecule has 5 rings (SSSR count). The molecule has 2 aliphatic heterocycles. The van der Waals surface area contributed by atoms with Crippen LogP contribution in [-0.4, -0.2) is 38.4 Å². The molecule has 0 unspecified atom stereocenters. The minimum Gasteiger partial charge on any atom is -0.359 e. The predicted molar refractivity (Wildman–Crippen MR) is 123 cm³/mol. The molecule has 12 heteroatoms. The van der Waals surface area contributed by atoms with Gasteiger partial charge in [-0.1, -0.05) is 6.07 Å². The number of sulfonamides is 1. The van der Waals surface area contributed by atoms with Gasteiger partial charge < -0.3 is 9.80 Å². The Bertz CT molecular complexity index is 1330. The fraction of sp³-hybridized carbons (Fsp3) is 0.273. The molecule has 1 N–H and O–H groups in total. The van der Waals surface area contributed by atoms with Gasteiger partial charge in [-0.25, -0.2) is 13.4 Å². The maximum atomic E-state index is 13.2. The molecule has 0 aliphatic carbocycles. The van der Waals surface area contributed by atoms with Gasteiger partial charge in [-0.2, -0.15) is 13.2 Å². The summed E-state index contributed by atoms with van der Waals surface area (Å²) in [5, 5.41) is 1.90. The van der Waals surface area contributed by atoms with Crippen molar-refractivity contribution in [1.82, 2.24) is 4.98 Å². The van der Waals surface area contributed by atoms with Crippen LogP contribution in [0.15, 0.2) is 58.9 Å². The average molecular weight is 509 g/mol. The van der Waals surface area contributed by atoms with Crippen LogP contribution >= 0.6 is 11.3 Å². The first-order valence-electron chi connectivity index (χ1n) is 10.4. The molecule has 1 aromatic heterocycles. The molecule has 1 atom stereocenters. The number of nitrogens with one attached hydrogen (secondary N) is 1. The molecule has 2 aliphatic rings. The number of fused-ring (bicyclic) bond motifs is 1. The molecule has 3 heterocycles. The van der Waals surface area contributed by atoms with Crippen LogP contribution in [0.1, 0.15) is 17.5 Å². The van der Waals surface area contributed by atoms with E-state index in [1.54, 1.807) is 27.3 Å². The van der Waals surface area contributed by atoms with Gasteiger partial charge in [0.15, 0.2) is 5.13 Å². The zero-order chi connectivity index (χ0) is 24.1. The Kier molecular flexibility index (Phi) is 5.52. The summed E-state index contributed by atoms with van der Waals surface area (Å²) in [4.78, 5) is 20.4. The second-order valence-corrected chi connectivity index (χ2v) is 10.6. The van der Waals surface area contributed by atoms with Crippen LogP contribution in [-0.2, 0) is 27.4 Å². The number of thiazole rings is 1. The molecule has 1 amide bonds. The molecular formula is C22H19F3N4O3S2. The zero-order valence-corrected chi connectivity index (χ0v) is 19.3. The van der Waals surface area contributed by atoms with Crippen LogP contribution in [0.4, 0.5) is 29.7 Å². The highest BCUT2D eigenvalue weighted by molar-refractivity contribution is 7.93. The van der Waals surface area contributed by atoms with E-state index in [-0.39, 0.29) is 15.9 Å². The van der Waals surface area contributed by atoms with Crippen LogP contribution in [0.5, 0.6) is 0 Å². The maximum Gasteiger partial charge on any atom is 0.416 e. The molecule has 3 aromatic rings. The number of nitrogens with zero attached hydrogens (tertiary/aromatic N) is 3. The van der Waals surface area contributed by atoms with Crippen molar-refractivity contribution < 1.29 is 26.4 Å². The van der Waals surface area contributed by atoms with Crippen LogP contribution in [0, 0.1) is 0 Å². The highest BCUT2D eigenvalue weighted by Gasteiger charge is 2.40. The van der Waals surface area contributed by atoms with E-state index >= 15 is 0 Å². The van der Waals surface area contributed by atoms with Crippen LogP contribution < -0.4 is 14.5 Å². The number of halogens is 3. The third-order valence-corrected chi connectivity index (χ3v) is 8.18. The predicted octanol–water partition coefficient (Wildman–Crippen LogP) is 4.13. The third-order valence-electron chi connectivity index (χ3n) is 6.01. The Balaban J connectivity index is 1.34. The maximum absolute atomic E-state index is 13.2. The molecule has 0 saturated carbocycles. The van der Waals surface area contributed by atoms with Crippen molar-refractivity contribution >= 4 is 43.8 Å². The molecule has 34 heavy (non-hydrogen) atoms. The summed E-state index contributed by atoms with van der Waals surface area (Å²) in [5.41, 5.74) is 1.04. The van der Waals surface area contributed by atoms with Gasteiger partial charge in [-0.3, -0.25) is 9.52 Å². The van der Waals surface area contributed by atoms with Gasteiger partial charge in [0.2, 0.25) is 5.91 Å². The lowest BCUT2D eigenvalue weighted by atomic mass is 10.1. The van der Waals surface area contributed by atoms with E-state index in [0.717, 1.165) is 29.0 Å². The summed E-state index contributed by atoms with van der Waals surface area (Å²) >= 11 is 1.16. The van der Waals surface area contributed by atoms with Gasteiger partial charge in [-0.15, -0.1) is 11.3 Å². The molecule has 178 valence electrons. The molecule has 0 bridgehead atoms. The highest BCUT2D eigenvalue weighted by atomic mass is 32.2. The fourth-order valence-corrected chi connectivity index (χ4v) is 6.16. The van der Waals surface area contributed by atoms with E-state index in [9.17, 15) is 26.4 Å². The van der Waals surface area contributed by atoms with Gasteiger partial charge in [-0.05, 0) is 54.8 Å². The Hall–Kier alpha value is -3.12. The first-order valence-corrected chi connectivity index (χ1v) is 12.8. The smallest absolute Gasteiger partial charge is 0.359 e. The molecule has 7 nitrogen and oxygen atoms in total. The van der Waals surface area contributed by atoms with Crippen LogP contribution in [0.2, 0.25) is 0 Å². The summed E-state index contributed by atoms with van der Waals surface area (Å²) in [6, 6.07) is 9.03. The van der Waals surface area contributed by atoms with Crippen LogP contribution in [0.3, 0.4) is 0 Å². The van der Waals surface area contributed by atoms with E-state index in [2.05, 4.69) is 9.71 Å². The molecule has 0 spiro atoms. The largest absolute Gasteiger partial charge is 0.416 e. The van der Waals surface area contributed by atoms with E-state index < -0.39 is 27.8 Å². The van der Waals surface area contributed by atoms with Gasteiger partial charge in [0.1, 0.15) is 6.04 Å². The van der Waals surface area contributed by atoms with Gasteiger partial charge in [0, 0.05) is 36.0 Å². The minimum absolute atomic E-state index is 0.0304. The summed E-state index contributed by atoms with van der Waals surface area (Å²) in [7, 11) is -3.82. The van der Waals surface area contributed by atoms with Gasteiger partial charge in [0.05, 0.1) is 10.5 Å². The quantitative estimate of drug-likeness (QED) is 0.561. The van der Waals surface area contributed by atoms with E-state index in [4.69, 9.17) is 0 Å². The number of carbonyl (C=O) groups is 1. The molecule has 1 fully saturated rings. The standard InChI is InChI=1S/C22H19F3N4O3S2/c23-22(24,25)15-2-1-14-7-10-29(19(14)13-15)18-8-11-28(20(18)30)16-3-5-17(6-4-16)34(31,32)27-21-26-9-12-33-21/h1-6,9,12-13,18H,7-8,10-11H2,(H,26,27)/t18-/m0/s1. The Morgan fingerprint density at radius 1 is 1.09 bits per heavy atom. The van der Waals surface area contributed by atoms with Crippen molar-refractivity contribution in [2.45, 2.75) is 30.0 Å². The summed E-state index contributed by atoms with van der Waals surface area (Å²) in [6.07, 6.45) is -1.93. The fourth-order valence-electron chi connectivity index (χ4n) is 4.37. The van der Waals surface area contributed by atoms with Crippen molar-refractivity contribution in [1.29, 1.82) is 0 Å². The van der Waals surface area contributed by atoms with Gasteiger partial charge >= 0.3 is 6.18 Å². The van der Waals surface area contributed by atoms with Crippen molar-refractivity contribution in [3.8, 4) is 0 Å². The molecule has 2 aromatic carbocycles. The number of hydrogen-bond acceptors (Lipinski definition) is 6. The number of alkyl halides is 3. The SMILES string of the molecule is O=C1[C@@H](N2CCc3ccc(C(F)(F)F)cc32)CCN1c1ccc(S(=O)(=O)Nc2nccs2)cc1. The van der Waals surface area contributed by atoms with Crippen molar-refractivity contribution in [3.63, 3.8) is 0 Å². The first kappa shape index (κ1) is 22.7. The Labute approximate surface area is 197 Å².